The molecule has 4 nitrogen and oxygen atoms in total. The zero-order valence-electron chi connectivity index (χ0n) is 13.5. The number of para-hydroxylation sites is 1. The summed E-state index contributed by atoms with van der Waals surface area (Å²) in [6.07, 6.45) is 2.90. The molecule has 2 fully saturated rings. The Kier molecular flexibility index (Phi) is 6.33. The van der Waals surface area contributed by atoms with Gasteiger partial charge in [-0.2, -0.15) is 0 Å². The first-order valence-electron chi connectivity index (χ1n) is 8.47. The van der Waals surface area contributed by atoms with Crippen LogP contribution in [0.3, 0.4) is 0 Å². The summed E-state index contributed by atoms with van der Waals surface area (Å²) in [5.74, 6) is 0. The first-order valence-corrected chi connectivity index (χ1v) is 9.72. The molecule has 0 aromatic heterocycles. The van der Waals surface area contributed by atoms with Gasteiger partial charge in [-0.05, 0) is 22.6 Å². The summed E-state index contributed by atoms with van der Waals surface area (Å²) < 4.78 is 2.08. The van der Waals surface area contributed by atoms with Crippen molar-refractivity contribution in [1.82, 2.24) is 9.80 Å². The number of piperidine rings is 1. The highest BCUT2D eigenvalue weighted by Gasteiger charge is 2.33. The molecule has 2 saturated heterocycles. The Hall–Kier alpha value is -0.630. The number of nitrogens with zero attached hydrogens (tertiary/aromatic N) is 3. The van der Waals surface area contributed by atoms with Crippen molar-refractivity contribution in [2.45, 2.75) is 18.6 Å². The molecule has 0 amide bonds. The summed E-state index contributed by atoms with van der Waals surface area (Å²) in [4.78, 5) is 7.39. The molecular formula is C18H26IN3O. The molecule has 5 heteroatoms. The van der Waals surface area contributed by atoms with Crippen LogP contribution in [-0.2, 0) is 0 Å². The third-order valence-electron chi connectivity index (χ3n) is 4.99. The van der Waals surface area contributed by atoms with Gasteiger partial charge < -0.3 is 10.0 Å². The number of likely N-dealkylation sites (tertiary alicyclic amines) is 1. The summed E-state index contributed by atoms with van der Waals surface area (Å²) >= 11 is 2.27. The van der Waals surface area contributed by atoms with E-state index in [0.29, 0.717) is 0 Å². The Labute approximate surface area is 152 Å². The summed E-state index contributed by atoms with van der Waals surface area (Å²) in [6, 6.07) is 10.9. The molecule has 2 unspecified atom stereocenters. The Balaban J connectivity index is 1.55. The fraction of sp³-hybridized carbons (Fsp3) is 0.556. The number of benzene rings is 1. The summed E-state index contributed by atoms with van der Waals surface area (Å²) in [6.45, 7) is 7.13. The highest BCUT2D eigenvalue weighted by atomic mass is 127. The molecule has 23 heavy (non-hydrogen) atoms. The van der Waals surface area contributed by atoms with Crippen LogP contribution in [0, 0.1) is 0 Å². The van der Waals surface area contributed by atoms with Gasteiger partial charge in [0, 0.05) is 57.5 Å². The second kappa shape index (κ2) is 8.46. The lowest BCUT2D eigenvalue weighted by atomic mass is 9.99. The van der Waals surface area contributed by atoms with Gasteiger partial charge in [-0.15, -0.1) is 0 Å². The van der Waals surface area contributed by atoms with Gasteiger partial charge in [-0.25, -0.2) is 0 Å². The van der Waals surface area contributed by atoms with E-state index in [1.165, 1.54) is 5.69 Å². The predicted octanol–water partition coefficient (Wildman–Crippen LogP) is 2.19. The minimum absolute atomic E-state index is 0.182. The van der Waals surface area contributed by atoms with E-state index < -0.39 is 0 Å². The third-order valence-corrected chi connectivity index (χ3v) is 5.50. The number of anilines is 1. The average Bonchev–Trinajstić information content (AvgIpc) is 2.62. The molecule has 1 aromatic carbocycles. The Morgan fingerprint density at radius 3 is 2.52 bits per heavy atom. The third kappa shape index (κ3) is 4.47. The topological polar surface area (TPSA) is 30.0 Å². The first-order chi connectivity index (χ1) is 11.3. The van der Waals surface area contributed by atoms with Gasteiger partial charge in [-0.3, -0.25) is 9.80 Å². The van der Waals surface area contributed by atoms with Gasteiger partial charge in [0.05, 0.1) is 6.10 Å². The fourth-order valence-electron chi connectivity index (χ4n) is 3.65. The number of piperazine rings is 1. The normalized spacial score (nSPS) is 27.7. The molecule has 2 atom stereocenters. The van der Waals surface area contributed by atoms with Crippen molar-refractivity contribution >= 4 is 28.3 Å². The minimum Gasteiger partial charge on any atom is -0.391 e. The highest BCUT2D eigenvalue weighted by molar-refractivity contribution is 14.1. The van der Waals surface area contributed by atoms with E-state index in [1.807, 2.05) is 0 Å². The van der Waals surface area contributed by atoms with Gasteiger partial charge in [0.15, 0.2) is 0 Å². The minimum atomic E-state index is -0.182. The van der Waals surface area contributed by atoms with E-state index >= 15 is 0 Å². The lowest BCUT2D eigenvalue weighted by molar-refractivity contribution is -0.0105. The molecule has 0 aliphatic carbocycles. The van der Waals surface area contributed by atoms with E-state index in [-0.39, 0.29) is 12.1 Å². The molecule has 3 rings (SSSR count). The van der Waals surface area contributed by atoms with Crippen molar-refractivity contribution in [1.29, 1.82) is 0 Å². The zero-order chi connectivity index (χ0) is 16.1. The monoisotopic (exact) mass is 427 g/mol. The lowest BCUT2D eigenvalue weighted by Crippen LogP contribution is -2.59. The molecule has 2 aliphatic heterocycles. The molecule has 1 N–H and O–H groups in total. The summed E-state index contributed by atoms with van der Waals surface area (Å²) in [7, 11) is 0. The average molecular weight is 427 g/mol. The smallest absolute Gasteiger partial charge is 0.0720 e. The van der Waals surface area contributed by atoms with Crippen LogP contribution < -0.4 is 4.90 Å². The van der Waals surface area contributed by atoms with Crippen molar-refractivity contribution in [3.05, 3.63) is 40.5 Å². The maximum Gasteiger partial charge on any atom is 0.0720 e. The Morgan fingerprint density at radius 2 is 1.83 bits per heavy atom. The number of halogens is 1. The van der Waals surface area contributed by atoms with Crippen LogP contribution in [0.4, 0.5) is 5.69 Å². The number of hydrogen-bond donors (Lipinski definition) is 1. The van der Waals surface area contributed by atoms with E-state index in [0.717, 1.165) is 52.2 Å². The standard InChI is InChI=1S/C18H26IN3O/c19-8-4-9-20-10-7-18(23)17(15-20)22-13-11-21(12-14-22)16-5-2-1-3-6-16/h1-6,8,17-18,23H,7,9-15H2/b8-4+. The number of rotatable bonds is 4. The molecule has 2 aliphatic rings. The van der Waals surface area contributed by atoms with Gasteiger partial charge in [0.25, 0.3) is 0 Å². The van der Waals surface area contributed by atoms with Crippen LogP contribution in [0.1, 0.15) is 6.42 Å². The second-order valence-corrected chi connectivity index (χ2v) is 7.12. The zero-order valence-corrected chi connectivity index (χ0v) is 15.7. The van der Waals surface area contributed by atoms with Gasteiger partial charge >= 0.3 is 0 Å². The SMILES string of the molecule is OC1CCN(C/C=C/I)CC1N1CCN(c2ccccc2)CC1. The Morgan fingerprint density at radius 1 is 1.09 bits per heavy atom. The van der Waals surface area contributed by atoms with E-state index in [9.17, 15) is 5.11 Å². The number of aliphatic hydroxyl groups is 1. The van der Waals surface area contributed by atoms with Gasteiger partial charge in [0.1, 0.15) is 0 Å². The van der Waals surface area contributed by atoms with Crippen LogP contribution in [0.2, 0.25) is 0 Å². The van der Waals surface area contributed by atoms with Crippen LogP contribution >= 0.6 is 22.6 Å². The molecule has 2 heterocycles. The second-order valence-electron chi connectivity index (χ2n) is 6.40. The van der Waals surface area contributed by atoms with Crippen molar-refractivity contribution < 1.29 is 5.11 Å². The molecular weight excluding hydrogens is 401 g/mol. The number of aliphatic hydroxyl groups excluding tert-OH is 1. The highest BCUT2D eigenvalue weighted by Crippen LogP contribution is 2.21. The maximum atomic E-state index is 10.4. The molecule has 126 valence electrons. The summed E-state index contributed by atoms with van der Waals surface area (Å²) in [5.41, 5.74) is 1.31. The maximum absolute atomic E-state index is 10.4. The molecule has 1 aromatic rings. The van der Waals surface area contributed by atoms with Crippen LogP contribution in [0.5, 0.6) is 0 Å². The molecule has 0 saturated carbocycles. The largest absolute Gasteiger partial charge is 0.391 e. The van der Waals surface area contributed by atoms with Gasteiger partial charge in [-0.1, -0.05) is 46.9 Å². The molecule has 0 bridgehead atoms. The Bertz CT molecular complexity index is 502. The van der Waals surface area contributed by atoms with Gasteiger partial charge in [0.2, 0.25) is 0 Å². The number of hydrogen-bond acceptors (Lipinski definition) is 4. The first kappa shape index (κ1) is 17.2. The van der Waals surface area contributed by atoms with Crippen LogP contribution in [0.15, 0.2) is 40.5 Å². The predicted molar refractivity (Wildman–Crippen MR) is 104 cm³/mol. The van der Waals surface area contributed by atoms with E-state index in [4.69, 9.17) is 0 Å². The van der Waals surface area contributed by atoms with Crippen molar-refractivity contribution in [2.24, 2.45) is 0 Å². The molecule has 0 spiro atoms. The molecule has 0 radical (unpaired) electrons. The van der Waals surface area contributed by atoms with Crippen LogP contribution in [0.25, 0.3) is 0 Å². The lowest BCUT2D eigenvalue weighted by Gasteiger charge is -2.45. The van der Waals surface area contributed by atoms with E-state index in [1.54, 1.807) is 0 Å². The van der Waals surface area contributed by atoms with Crippen molar-refractivity contribution in [2.75, 3.05) is 50.7 Å². The van der Waals surface area contributed by atoms with Crippen LogP contribution in [-0.4, -0.2) is 72.9 Å². The van der Waals surface area contributed by atoms with E-state index in [2.05, 4.69) is 77.8 Å². The van der Waals surface area contributed by atoms with Crippen molar-refractivity contribution in [3.8, 4) is 0 Å². The van der Waals surface area contributed by atoms with Crippen molar-refractivity contribution in [3.63, 3.8) is 0 Å². The fourth-order valence-corrected chi connectivity index (χ4v) is 3.88. The summed E-state index contributed by atoms with van der Waals surface area (Å²) in [5, 5.41) is 10.4. The quantitative estimate of drug-likeness (QED) is 0.747.